The van der Waals surface area contributed by atoms with Crippen LogP contribution in [0.25, 0.3) is 10.9 Å². The Kier molecular flexibility index (Phi) is 5.94. The molecule has 0 bridgehead atoms. The molecule has 2 rings (SSSR count). The number of carbonyl (C=O) groups is 2. The zero-order valence-electron chi connectivity index (χ0n) is 10.1. The smallest absolute Gasteiger partial charge is 0.354 e. The van der Waals surface area contributed by atoms with Crippen LogP contribution >= 0.6 is 0 Å². The summed E-state index contributed by atoms with van der Waals surface area (Å²) >= 11 is 0. The molecular weight excluding hydrogens is 238 g/mol. The van der Waals surface area contributed by atoms with Crippen molar-refractivity contribution in [2.45, 2.75) is 0 Å². The summed E-state index contributed by atoms with van der Waals surface area (Å²) in [6.07, 6.45) is 0. The molecule has 0 radical (unpaired) electrons. The molecule has 0 amide bonds. The first-order valence-corrected chi connectivity index (χ1v) is 4.65. The molecule has 98 valence electrons. The summed E-state index contributed by atoms with van der Waals surface area (Å²) in [7, 11) is 1.34. The zero-order chi connectivity index (χ0) is 12.8. The van der Waals surface area contributed by atoms with Crippen molar-refractivity contribution < 1.29 is 19.4 Å². The van der Waals surface area contributed by atoms with Gasteiger partial charge in [-0.2, -0.15) is 0 Å². The van der Waals surface area contributed by atoms with Gasteiger partial charge < -0.3 is 31.5 Å². The van der Waals surface area contributed by atoms with E-state index >= 15 is 0 Å². The van der Waals surface area contributed by atoms with Gasteiger partial charge in [0.05, 0.1) is 7.11 Å². The molecule has 0 saturated heterocycles. The number of hydrogen-bond donors (Lipinski definition) is 3. The lowest BCUT2D eigenvalue weighted by Gasteiger charge is -1.92. The molecule has 1 heterocycles. The van der Waals surface area contributed by atoms with Crippen LogP contribution < -0.4 is 17.0 Å². The van der Waals surface area contributed by atoms with Crippen LogP contribution in [0.1, 0.15) is 10.5 Å². The Morgan fingerprint density at radius 2 is 2.11 bits per heavy atom. The average Bonchev–Trinajstić information content (AvgIpc) is 2.74. The molecule has 18 heavy (non-hydrogen) atoms. The van der Waals surface area contributed by atoms with E-state index in [1.165, 1.54) is 7.11 Å². The maximum absolute atomic E-state index is 11.2. The normalized spacial score (nSPS) is 8.72. The van der Waals surface area contributed by atoms with E-state index in [-0.39, 0.29) is 12.1 Å². The number of fused-ring (bicyclic) bond motifs is 1. The molecule has 0 unspecified atom stereocenters. The number of nitrogen functional groups attached to an aromatic ring is 1. The van der Waals surface area contributed by atoms with E-state index in [4.69, 9.17) is 15.6 Å². The van der Waals surface area contributed by atoms with Gasteiger partial charge in [0.15, 0.2) is 0 Å². The number of esters is 1. The first kappa shape index (κ1) is 15.5. The molecular formula is C11H15N3O4. The third kappa shape index (κ3) is 3.22. The lowest BCUT2D eigenvalue weighted by Crippen LogP contribution is -2.01. The molecule has 0 aliphatic carbocycles. The Bertz CT molecular complexity index is 536. The van der Waals surface area contributed by atoms with Crippen molar-refractivity contribution in [1.29, 1.82) is 0 Å². The molecule has 0 spiro atoms. The van der Waals surface area contributed by atoms with Crippen molar-refractivity contribution in [3.8, 4) is 0 Å². The topological polar surface area (TPSA) is 145 Å². The minimum Gasteiger partial charge on any atom is -0.554 e. The molecule has 1 aromatic carbocycles. The molecule has 7 heteroatoms. The second kappa shape index (κ2) is 6.92. The number of H-pyrrole nitrogens is 1. The van der Waals surface area contributed by atoms with Crippen LogP contribution in [-0.2, 0) is 9.53 Å². The SMILES string of the molecule is COC(=O)c1cc2c(N)cccc2[nH]1.O=C[O-].[NH4+]. The van der Waals surface area contributed by atoms with Crippen molar-refractivity contribution >= 4 is 29.0 Å². The molecule has 1 aromatic heterocycles. The van der Waals surface area contributed by atoms with Gasteiger partial charge in [0, 0.05) is 23.1 Å². The monoisotopic (exact) mass is 253 g/mol. The van der Waals surface area contributed by atoms with Gasteiger partial charge in [-0.1, -0.05) is 6.07 Å². The average molecular weight is 253 g/mol. The third-order valence-electron chi connectivity index (χ3n) is 2.10. The number of quaternary nitrogens is 1. The van der Waals surface area contributed by atoms with Crippen LogP contribution in [0.2, 0.25) is 0 Å². The summed E-state index contributed by atoms with van der Waals surface area (Å²) in [5.41, 5.74) is 7.64. The number of anilines is 1. The third-order valence-corrected chi connectivity index (χ3v) is 2.10. The van der Waals surface area contributed by atoms with Crippen LogP contribution in [0, 0.1) is 0 Å². The fourth-order valence-corrected chi connectivity index (χ4v) is 1.40. The van der Waals surface area contributed by atoms with Crippen molar-refractivity contribution in [2.24, 2.45) is 0 Å². The summed E-state index contributed by atoms with van der Waals surface area (Å²) < 4.78 is 4.59. The minimum atomic E-state index is -0.500. The van der Waals surface area contributed by atoms with E-state index in [0.717, 1.165) is 10.9 Å². The summed E-state index contributed by atoms with van der Waals surface area (Å²) in [6.45, 7) is -0.500. The van der Waals surface area contributed by atoms with Gasteiger partial charge >= 0.3 is 5.97 Å². The first-order chi connectivity index (χ1) is 8.13. The lowest BCUT2D eigenvalue weighted by molar-refractivity contribution is -0.283. The molecule has 0 aliphatic rings. The molecule has 2 aromatic rings. The predicted octanol–water partition coefficient (Wildman–Crippen LogP) is 0.279. The fraction of sp³-hybridized carbons (Fsp3) is 0.0909. The number of ether oxygens (including phenoxy) is 1. The lowest BCUT2D eigenvalue weighted by atomic mass is 10.2. The highest BCUT2D eigenvalue weighted by atomic mass is 16.5. The van der Waals surface area contributed by atoms with E-state index < -0.39 is 6.47 Å². The number of aromatic nitrogens is 1. The highest BCUT2D eigenvalue weighted by molar-refractivity contribution is 5.99. The summed E-state index contributed by atoms with van der Waals surface area (Å²) in [5, 5.41) is 9.09. The molecule has 0 aliphatic heterocycles. The van der Waals surface area contributed by atoms with Crippen LogP contribution in [0.4, 0.5) is 5.69 Å². The zero-order valence-corrected chi connectivity index (χ0v) is 10.1. The van der Waals surface area contributed by atoms with E-state index in [1.54, 1.807) is 12.1 Å². The Balaban J connectivity index is 0.000000660. The van der Waals surface area contributed by atoms with Gasteiger partial charge in [-0.3, -0.25) is 0 Å². The first-order valence-electron chi connectivity index (χ1n) is 4.65. The van der Waals surface area contributed by atoms with Crippen LogP contribution in [0.5, 0.6) is 0 Å². The number of nitrogens with two attached hydrogens (primary N) is 1. The molecule has 7 nitrogen and oxygen atoms in total. The van der Waals surface area contributed by atoms with Crippen LogP contribution in [0.3, 0.4) is 0 Å². The quantitative estimate of drug-likeness (QED) is 0.379. The van der Waals surface area contributed by atoms with Crippen molar-refractivity contribution in [1.82, 2.24) is 11.1 Å². The number of carboxylic acid groups (broad SMARTS) is 1. The number of nitrogens with one attached hydrogen (secondary N) is 1. The Hall–Kier alpha value is -2.54. The number of benzene rings is 1. The number of carbonyl (C=O) groups excluding carboxylic acids is 2. The van der Waals surface area contributed by atoms with Gasteiger partial charge in [0.2, 0.25) is 0 Å². The number of hydrogen-bond acceptors (Lipinski definition) is 5. The number of aromatic amines is 1. The maximum Gasteiger partial charge on any atom is 0.354 e. The minimum absolute atomic E-state index is 0. The van der Waals surface area contributed by atoms with Gasteiger partial charge in [0.25, 0.3) is 0 Å². The molecule has 0 saturated carbocycles. The maximum atomic E-state index is 11.2. The number of methoxy groups -OCH3 is 1. The second-order valence-corrected chi connectivity index (χ2v) is 3.08. The second-order valence-electron chi connectivity index (χ2n) is 3.08. The number of rotatable bonds is 1. The molecule has 0 fully saturated rings. The van der Waals surface area contributed by atoms with Gasteiger partial charge in [-0.05, 0) is 18.2 Å². The van der Waals surface area contributed by atoms with Gasteiger partial charge in [-0.15, -0.1) is 0 Å². The van der Waals surface area contributed by atoms with Crippen molar-refractivity contribution in [2.75, 3.05) is 12.8 Å². The summed E-state index contributed by atoms with van der Waals surface area (Å²) in [6, 6.07) is 7.17. The van der Waals surface area contributed by atoms with Crippen molar-refractivity contribution in [3.05, 3.63) is 30.0 Å². The largest absolute Gasteiger partial charge is 0.554 e. The van der Waals surface area contributed by atoms with Gasteiger partial charge in [0.1, 0.15) is 5.69 Å². The van der Waals surface area contributed by atoms with E-state index in [9.17, 15) is 4.79 Å². The highest BCUT2D eigenvalue weighted by Crippen LogP contribution is 2.21. The molecule has 0 atom stereocenters. The van der Waals surface area contributed by atoms with E-state index in [0.29, 0.717) is 11.4 Å². The Labute approximate surface area is 103 Å². The van der Waals surface area contributed by atoms with E-state index in [1.807, 2.05) is 12.1 Å². The predicted molar refractivity (Wildman–Crippen MR) is 66.1 cm³/mol. The van der Waals surface area contributed by atoms with Gasteiger partial charge in [-0.25, -0.2) is 4.79 Å². The van der Waals surface area contributed by atoms with Crippen LogP contribution in [-0.4, -0.2) is 24.5 Å². The molecule has 7 N–H and O–H groups in total. The van der Waals surface area contributed by atoms with Crippen LogP contribution in [0.15, 0.2) is 24.3 Å². The Morgan fingerprint density at radius 1 is 1.50 bits per heavy atom. The highest BCUT2D eigenvalue weighted by Gasteiger charge is 2.09. The Morgan fingerprint density at radius 3 is 2.61 bits per heavy atom. The van der Waals surface area contributed by atoms with E-state index in [2.05, 4.69) is 9.72 Å². The fourth-order valence-electron chi connectivity index (χ4n) is 1.40. The summed E-state index contributed by atoms with van der Waals surface area (Å²) in [5.74, 6) is -0.388. The standard InChI is InChI=1S/C10H10N2O2.CH2O2.H3N/c1-14-10(13)9-5-6-7(11)3-2-4-8(6)12-9;2-1-3;/h2-5,12H,11H2,1H3;1H,(H,2,3);1H3. The van der Waals surface area contributed by atoms with Crippen molar-refractivity contribution in [3.63, 3.8) is 0 Å². The summed E-state index contributed by atoms with van der Waals surface area (Å²) in [4.78, 5) is 22.4.